The quantitative estimate of drug-likeness (QED) is 0.894. The number of benzene rings is 1. The van der Waals surface area contributed by atoms with Crippen LogP contribution in [-0.2, 0) is 6.54 Å². The molecule has 1 N–H and O–H groups in total. The Morgan fingerprint density at radius 1 is 1.42 bits per heavy atom. The van der Waals surface area contributed by atoms with Crippen LogP contribution >= 0.6 is 0 Å². The molecule has 6 heteroatoms. The molecule has 2 rings (SSSR count). The van der Waals surface area contributed by atoms with Gasteiger partial charge in [-0.1, -0.05) is 6.07 Å². The van der Waals surface area contributed by atoms with E-state index in [0.717, 1.165) is 19.5 Å². The maximum Gasteiger partial charge on any atom is 0.387 e. The van der Waals surface area contributed by atoms with E-state index in [1.165, 1.54) is 12.1 Å². The Bertz CT molecular complexity index is 428. The van der Waals surface area contributed by atoms with Gasteiger partial charge in [0, 0.05) is 19.7 Å². The first-order valence-corrected chi connectivity index (χ1v) is 6.15. The van der Waals surface area contributed by atoms with Gasteiger partial charge in [0.2, 0.25) is 0 Å². The molecule has 1 aromatic rings. The minimum atomic E-state index is -3.02. The van der Waals surface area contributed by atoms with Gasteiger partial charge < -0.3 is 9.84 Å². The lowest BCUT2D eigenvalue weighted by Crippen LogP contribution is -2.21. The Labute approximate surface area is 109 Å². The molecular formula is C13H16F3NO2. The third-order valence-electron chi connectivity index (χ3n) is 3.25. The fourth-order valence-corrected chi connectivity index (χ4v) is 2.30. The summed E-state index contributed by atoms with van der Waals surface area (Å²) in [5.41, 5.74) is 0.706. The molecule has 0 aromatic heterocycles. The minimum absolute atomic E-state index is 0.159. The minimum Gasteiger partial charge on any atom is -0.432 e. The SMILES string of the molecule is OCC1CCN(Cc2ccc(OC(F)F)c(F)c2)C1. The third kappa shape index (κ3) is 3.84. The van der Waals surface area contributed by atoms with E-state index >= 15 is 0 Å². The molecule has 0 spiro atoms. The lowest BCUT2D eigenvalue weighted by molar-refractivity contribution is -0.0522. The molecule has 1 unspecified atom stereocenters. The van der Waals surface area contributed by atoms with Crippen LogP contribution in [-0.4, -0.2) is 36.3 Å². The number of nitrogens with zero attached hydrogens (tertiary/aromatic N) is 1. The van der Waals surface area contributed by atoms with Crippen molar-refractivity contribution in [2.45, 2.75) is 19.6 Å². The predicted molar refractivity (Wildman–Crippen MR) is 63.5 cm³/mol. The van der Waals surface area contributed by atoms with Crippen molar-refractivity contribution in [3.05, 3.63) is 29.6 Å². The van der Waals surface area contributed by atoms with Crippen LogP contribution in [0.3, 0.4) is 0 Å². The highest BCUT2D eigenvalue weighted by molar-refractivity contribution is 5.29. The summed E-state index contributed by atoms with van der Waals surface area (Å²) in [5.74, 6) is -0.949. The van der Waals surface area contributed by atoms with Crippen LogP contribution in [0.25, 0.3) is 0 Å². The van der Waals surface area contributed by atoms with Crippen LogP contribution in [0.5, 0.6) is 5.75 Å². The Morgan fingerprint density at radius 3 is 2.79 bits per heavy atom. The summed E-state index contributed by atoms with van der Waals surface area (Å²) < 4.78 is 41.5. The summed E-state index contributed by atoms with van der Waals surface area (Å²) in [6, 6.07) is 4.01. The van der Waals surface area contributed by atoms with Crippen LogP contribution in [0.4, 0.5) is 13.2 Å². The zero-order valence-electron chi connectivity index (χ0n) is 10.4. The van der Waals surface area contributed by atoms with Crippen molar-refractivity contribution in [2.24, 2.45) is 5.92 Å². The summed E-state index contributed by atoms with van der Waals surface area (Å²) in [6.07, 6.45) is 0.922. The Morgan fingerprint density at radius 2 is 2.21 bits per heavy atom. The van der Waals surface area contributed by atoms with Crippen molar-refractivity contribution in [3.63, 3.8) is 0 Å². The highest BCUT2D eigenvalue weighted by Gasteiger charge is 2.22. The molecule has 19 heavy (non-hydrogen) atoms. The van der Waals surface area contributed by atoms with E-state index in [1.807, 2.05) is 0 Å². The Hall–Kier alpha value is -1.27. The average molecular weight is 275 g/mol. The number of hydrogen-bond acceptors (Lipinski definition) is 3. The van der Waals surface area contributed by atoms with E-state index in [4.69, 9.17) is 5.11 Å². The van der Waals surface area contributed by atoms with Gasteiger partial charge in [0.15, 0.2) is 11.6 Å². The summed E-state index contributed by atoms with van der Waals surface area (Å²) in [4.78, 5) is 2.10. The molecule has 1 aliphatic heterocycles. The molecule has 0 radical (unpaired) electrons. The lowest BCUT2D eigenvalue weighted by atomic mass is 10.1. The number of likely N-dealkylation sites (tertiary alicyclic amines) is 1. The first kappa shape index (κ1) is 14.1. The highest BCUT2D eigenvalue weighted by atomic mass is 19.3. The van der Waals surface area contributed by atoms with Crippen molar-refractivity contribution in [3.8, 4) is 5.75 Å². The summed E-state index contributed by atoms with van der Waals surface area (Å²) in [7, 11) is 0. The number of ether oxygens (including phenoxy) is 1. The van der Waals surface area contributed by atoms with E-state index < -0.39 is 18.2 Å². The van der Waals surface area contributed by atoms with Crippen molar-refractivity contribution >= 4 is 0 Å². The largest absolute Gasteiger partial charge is 0.432 e. The van der Waals surface area contributed by atoms with Gasteiger partial charge in [-0.05, 0) is 36.6 Å². The summed E-state index contributed by atoms with van der Waals surface area (Å²) >= 11 is 0. The Kier molecular flexibility index (Phi) is 4.66. The molecule has 1 atom stereocenters. The van der Waals surface area contributed by atoms with Gasteiger partial charge in [0.05, 0.1) is 0 Å². The maximum absolute atomic E-state index is 13.5. The molecule has 106 valence electrons. The smallest absolute Gasteiger partial charge is 0.387 e. The number of hydrogen-bond donors (Lipinski definition) is 1. The number of aliphatic hydroxyl groups excluding tert-OH is 1. The van der Waals surface area contributed by atoms with Gasteiger partial charge in [0.1, 0.15) is 0 Å². The normalized spacial score (nSPS) is 20.2. The van der Waals surface area contributed by atoms with Gasteiger partial charge in [-0.2, -0.15) is 8.78 Å². The number of rotatable bonds is 5. The van der Waals surface area contributed by atoms with E-state index in [0.29, 0.717) is 12.1 Å². The molecule has 1 heterocycles. The number of alkyl halides is 2. The zero-order chi connectivity index (χ0) is 13.8. The van der Waals surface area contributed by atoms with Crippen LogP contribution in [0.2, 0.25) is 0 Å². The number of halogens is 3. The Balaban J connectivity index is 1.96. The van der Waals surface area contributed by atoms with Gasteiger partial charge in [-0.3, -0.25) is 4.90 Å². The molecular weight excluding hydrogens is 259 g/mol. The van der Waals surface area contributed by atoms with Crippen molar-refractivity contribution in [1.29, 1.82) is 0 Å². The second-order valence-corrected chi connectivity index (χ2v) is 4.72. The molecule has 1 fully saturated rings. The molecule has 1 aliphatic rings. The monoisotopic (exact) mass is 275 g/mol. The van der Waals surface area contributed by atoms with Crippen LogP contribution < -0.4 is 4.74 Å². The molecule has 0 aliphatic carbocycles. The van der Waals surface area contributed by atoms with Gasteiger partial charge in [0.25, 0.3) is 0 Å². The van der Waals surface area contributed by atoms with Crippen molar-refractivity contribution in [2.75, 3.05) is 19.7 Å². The number of aliphatic hydroxyl groups is 1. The van der Waals surface area contributed by atoms with Crippen LogP contribution in [0, 0.1) is 11.7 Å². The second-order valence-electron chi connectivity index (χ2n) is 4.72. The van der Waals surface area contributed by atoms with Crippen molar-refractivity contribution in [1.82, 2.24) is 4.90 Å². The van der Waals surface area contributed by atoms with E-state index in [1.54, 1.807) is 6.07 Å². The third-order valence-corrected chi connectivity index (χ3v) is 3.25. The predicted octanol–water partition coefficient (Wildman–Crippen LogP) is 2.24. The van der Waals surface area contributed by atoms with E-state index in [9.17, 15) is 13.2 Å². The zero-order valence-corrected chi connectivity index (χ0v) is 10.4. The highest BCUT2D eigenvalue weighted by Crippen LogP contribution is 2.23. The van der Waals surface area contributed by atoms with E-state index in [-0.39, 0.29) is 12.5 Å². The standard InChI is InChI=1S/C13H16F3NO2/c14-11-5-9(1-2-12(11)19-13(15)16)6-17-4-3-10(7-17)8-18/h1-2,5,10,13,18H,3-4,6-8H2. The average Bonchev–Trinajstić information content (AvgIpc) is 2.80. The maximum atomic E-state index is 13.5. The topological polar surface area (TPSA) is 32.7 Å². The molecule has 0 saturated carbocycles. The van der Waals surface area contributed by atoms with Gasteiger partial charge in [-0.25, -0.2) is 4.39 Å². The molecule has 0 bridgehead atoms. The van der Waals surface area contributed by atoms with Crippen molar-refractivity contribution < 1.29 is 23.0 Å². The summed E-state index contributed by atoms with van der Waals surface area (Å²) in [6.45, 7) is -0.700. The van der Waals surface area contributed by atoms with Crippen LogP contribution in [0.1, 0.15) is 12.0 Å². The first-order valence-electron chi connectivity index (χ1n) is 6.15. The van der Waals surface area contributed by atoms with Gasteiger partial charge in [-0.15, -0.1) is 0 Å². The fraction of sp³-hybridized carbons (Fsp3) is 0.538. The molecule has 1 saturated heterocycles. The first-order chi connectivity index (χ1) is 9.08. The lowest BCUT2D eigenvalue weighted by Gasteiger charge is -2.16. The molecule has 3 nitrogen and oxygen atoms in total. The van der Waals surface area contributed by atoms with Gasteiger partial charge >= 0.3 is 6.61 Å². The molecule has 0 amide bonds. The summed E-state index contributed by atoms with van der Waals surface area (Å²) in [5, 5.41) is 9.04. The molecule has 1 aromatic carbocycles. The fourth-order valence-electron chi connectivity index (χ4n) is 2.30. The van der Waals surface area contributed by atoms with E-state index in [2.05, 4.69) is 9.64 Å². The van der Waals surface area contributed by atoms with Crippen LogP contribution in [0.15, 0.2) is 18.2 Å². The second kappa shape index (κ2) is 6.25.